The van der Waals surface area contributed by atoms with E-state index < -0.39 is 11.2 Å². The van der Waals surface area contributed by atoms with Crippen molar-refractivity contribution in [3.8, 4) is 11.8 Å². The number of hydrogen-bond donors (Lipinski definition) is 3. The second-order valence-electron chi connectivity index (χ2n) is 9.15. The van der Waals surface area contributed by atoms with Gasteiger partial charge >= 0.3 is 0 Å². The van der Waals surface area contributed by atoms with Gasteiger partial charge in [0.2, 0.25) is 11.8 Å². The lowest BCUT2D eigenvalue weighted by atomic mass is 9.93. The molecule has 210 valence electrons. The Morgan fingerprint density at radius 3 is 1.84 bits per heavy atom. The van der Waals surface area contributed by atoms with Crippen molar-refractivity contribution in [2.24, 2.45) is 0 Å². The first-order valence-electron chi connectivity index (χ1n) is 12.3. The Bertz CT molecular complexity index is 1050. The third-order valence-corrected chi connectivity index (χ3v) is 6.96. The highest BCUT2D eigenvalue weighted by Gasteiger charge is 2.42. The third-order valence-electron chi connectivity index (χ3n) is 6.10. The maximum Gasteiger partial charge on any atom is 0.219 e. The highest BCUT2D eigenvalue weighted by Crippen LogP contribution is 2.37. The Morgan fingerprint density at radius 2 is 1.39 bits per heavy atom. The number of pyridine rings is 2. The third kappa shape index (κ3) is 7.61. The average Bonchev–Trinajstić information content (AvgIpc) is 2.89. The molecule has 11 nitrogen and oxygen atoms in total. The van der Waals surface area contributed by atoms with Gasteiger partial charge < -0.3 is 43.7 Å². The van der Waals surface area contributed by atoms with E-state index in [-0.39, 0.29) is 45.9 Å². The smallest absolute Gasteiger partial charge is 0.219 e. The Labute approximate surface area is 237 Å². The molecule has 1 atom stereocenters. The molecule has 0 spiro atoms. The summed E-state index contributed by atoms with van der Waals surface area (Å²) in [6, 6.07) is 3.57. The first kappa shape index (κ1) is 29.6. The number of aliphatic hydroxyl groups excluding tert-OH is 1. The lowest BCUT2D eigenvalue weighted by Gasteiger charge is -2.37. The van der Waals surface area contributed by atoms with Crippen LogP contribution in [0.25, 0.3) is 0 Å². The summed E-state index contributed by atoms with van der Waals surface area (Å²) in [6.45, 7) is 2.60. The summed E-state index contributed by atoms with van der Waals surface area (Å²) in [7, 11) is 0. The summed E-state index contributed by atoms with van der Waals surface area (Å²) in [4.78, 5) is 8.31. The summed E-state index contributed by atoms with van der Waals surface area (Å²) in [5.74, 6) is 0.755. The first-order chi connectivity index (χ1) is 18.3. The fourth-order valence-electron chi connectivity index (χ4n) is 3.95. The van der Waals surface area contributed by atoms with Crippen molar-refractivity contribution in [2.45, 2.75) is 36.8 Å². The molecule has 3 saturated heterocycles. The summed E-state index contributed by atoms with van der Waals surface area (Å²) >= 11 is 6.66. The van der Waals surface area contributed by atoms with Crippen LogP contribution in [0.2, 0.25) is 0 Å². The van der Waals surface area contributed by atoms with Crippen LogP contribution in [0.3, 0.4) is 0 Å². The molecule has 2 aromatic rings. The molecule has 0 amide bonds. The van der Waals surface area contributed by atoms with Gasteiger partial charge in [0.1, 0.15) is 24.4 Å². The zero-order chi connectivity index (χ0) is 27.0. The fourth-order valence-corrected chi connectivity index (χ4v) is 4.62. The molecule has 0 radical (unpaired) electrons. The van der Waals surface area contributed by atoms with Crippen molar-refractivity contribution in [1.82, 2.24) is 9.97 Å². The topological polar surface area (TPSA) is 142 Å². The van der Waals surface area contributed by atoms with Crippen LogP contribution in [0, 0.1) is 0 Å². The molecule has 0 bridgehead atoms. The van der Waals surface area contributed by atoms with Gasteiger partial charge in [-0.15, -0.1) is 0 Å². The highest BCUT2D eigenvalue weighted by atomic mass is 79.9. The summed E-state index contributed by atoms with van der Waals surface area (Å²) in [5.41, 5.74) is -0.815. The van der Waals surface area contributed by atoms with Crippen LogP contribution in [-0.4, -0.2) is 91.0 Å². The number of aliphatic hydroxyl groups is 3. The normalized spacial score (nSPS) is 21.3. The van der Waals surface area contributed by atoms with E-state index >= 15 is 0 Å². The molecular formula is C25H32Br2N2O9. The maximum absolute atomic E-state index is 10.4. The van der Waals surface area contributed by atoms with E-state index in [4.69, 9.17) is 33.5 Å². The quantitative estimate of drug-likeness (QED) is 0.323. The second-order valence-corrected chi connectivity index (χ2v) is 11.0. The fraction of sp³-hybridized carbons (Fsp3) is 0.600. The predicted molar refractivity (Wildman–Crippen MR) is 141 cm³/mol. The monoisotopic (exact) mass is 662 g/mol. The first-order valence-corrected chi connectivity index (χ1v) is 13.9. The molecule has 0 aromatic carbocycles. The predicted octanol–water partition coefficient (Wildman–Crippen LogP) is 2.42. The molecule has 5 heterocycles. The number of ether oxygens (including phenoxy) is 6. The summed E-state index contributed by atoms with van der Waals surface area (Å²) < 4.78 is 33.7. The molecule has 0 aliphatic carbocycles. The molecule has 3 N–H and O–H groups in total. The average molecular weight is 664 g/mol. The van der Waals surface area contributed by atoms with E-state index in [9.17, 15) is 10.2 Å². The minimum atomic E-state index is -1.03. The van der Waals surface area contributed by atoms with E-state index in [0.29, 0.717) is 36.1 Å². The molecule has 13 heteroatoms. The van der Waals surface area contributed by atoms with Gasteiger partial charge in [0.05, 0.1) is 50.8 Å². The molecule has 5 rings (SSSR count). The molecule has 3 aliphatic heterocycles. The van der Waals surface area contributed by atoms with Crippen LogP contribution in [0.1, 0.15) is 30.4 Å². The van der Waals surface area contributed by atoms with E-state index in [1.165, 1.54) is 0 Å². The van der Waals surface area contributed by atoms with Crippen molar-refractivity contribution in [1.29, 1.82) is 0 Å². The van der Waals surface area contributed by atoms with Gasteiger partial charge in [-0.05, 0) is 63.3 Å². The van der Waals surface area contributed by atoms with Crippen LogP contribution in [0.4, 0.5) is 0 Å². The number of aromatic nitrogens is 2. The van der Waals surface area contributed by atoms with Crippen LogP contribution >= 0.6 is 31.9 Å². The summed E-state index contributed by atoms with van der Waals surface area (Å²) in [6.07, 6.45) is 6.27. The lowest BCUT2D eigenvalue weighted by Crippen LogP contribution is -2.46. The van der Waals surface area contributed by atoms with Gasteiger partial charge in [-0.2, -0.15) is 0 Å². The van der Waals surface area contributed by atoms with Gasteiger partial charge in [0, 0.05) is 27.9 Å². The number of nitrogens with zero attached hydrogens (tertiary/aromatic N) is 2. The van der Waals surface area contributed by atoms with Crippen LogP contribution in [-0.2, 0) is 30.1 Å². The number of rotatable bonds is 10. The number of hydrogen-bond acceptors (Lipinski definition) is 11. The largest absolute Gasteiger partial charge is 0.475 e. The molecular weight excluding hydrogens is 632 g/mol. The molecule has 0 saturated carbocycles. The van der Waals surface area contributed by atoms with Gasteiger partial charge in [-0.3, -0.25) is 0 Å². The maximum atomic E-state index is 10.4. The van der Waals surface area contributed by atoms with Crippen LogP contribution < -0.4 is 9.47 Å². The van der Waals surface area contributed by atoms with E-state index in [2.05, 4.69) is 41.8 Å². The highest BCUT2D eigenvalue weighted by molar-refractivity contribution is 9.10. The van der Waals surface area contributed by atoms with Crippen LogP contribution in [0.5, 0.6) is 11.8 Å². The second kappa shape index (κ2) is 13.8. The Balaban J connectivity index is 0.000000186. The molecule has 38 heavy (non-hydrogen) atoms. The van der Waals surface area contributed by atoms with Gasteiger partial charge in [0.25, 0.3) is 0 Å². The number of halogens is 2. The van der Waals surface area contributed by atoms with E-state index in [1.54, 1.807) is 18.5 Å². The Hall–Kier alpha value is -1.42. The minimum Gasteiger partial charge on any atom is -0.475 e. The van der Waals surface area contributed by atoms with E-state index in [1.807, 2.05) is 6.07 Å². The zero-order valence-electron chi connectivity index (χ0n) is 20.8. The SMILES string of the molecule is OC1(c2cc(Br)cnc2OCCOC2CCCCO2)COC1.OCCOc1ncc(Br)cc1C1(O)COC1. The van der Waals surface area contributed by atoms with Gasteiger partial charge in [-0.1, -0.05) is 0 Å². The van der Waals surface area contributed by atoms with Gasteiger partial charge in [0.15, 0.2) is 6.29 Å². The molecule has 2 aromatic heterocycles. The summed E-state index contributed by atoms with van der Waals surface area (Å²) in [5, 5.41) is 29.3. The standard InChI is InChI=1S/C15H20BrNO5.C10H12BrNO4/c16-11-7-12(15(18)9-19-10-15)14(17-8-11)22-6-5-21-13-3-1-2-4-20-13;11-7-3-8(10(14)5-15-6-10)9(12-4-7)16-2-1-13/h7-8,13,18H,1-6,9-10H2;3-4,13-14H,1-2,5-6H2. The van der Waals surface area contributed by atoms with Crippen molar-refractivity contribution in [3.63, 3.8) is 0 Å². The van der Waals surface area contributed by atoms with Crippen LogP contribution in [0.15, 0.2) is 33.5 Å². The van der Waals surface area contributed by atoms with Gasteiger partial charge in [-0.25, -0.2) is 9.97 Å². The molecule has 3 aliphatic rings. The van der Waals surface area contributed by atoms with E-state index in [0.717, 1.165) is 34.8 Å². The Kier molecular flexibility index (Phi) is 10.7. The minimum absolute atomic E-state index is 0.0912. The lowest BCUT2D eigenvalue weighted by molar-refractivity contribution is -0.186. The van der Waals surface area contributed by atoms with Crippen molar-refractivity contribution >= 4 is 31.9 Å². The van der Waals surface area contributed by atoms with Crippen molar-refractivity contribution in [3.05, 3.63) is 44.6 Å². The Morgan fingerprint density at radius 1 is 0.842 bits per heavy atom. The zero-order valence-corrected chi connectivity index (χ0v) is 24.0. The molecule has 1 unspecified atom stereocenters. The van der Waals surface area contributed by atoms with Crippen molar-refractivity contribution < 1.29 is 43.7 Å². The molecule has 3 fully saturated rings. The van der Waals surface area contributed by atoms with Crippen molar-refractivity contribution in [2.75, 3.05) is 59.5 Å².